The van der Waals surface area contributed by atoms with E-state index in [4.69, 9.17) is 0 Å². The average Bonchev–Trinajstić information content (AvgIpc) is 2.81. The Balaban J connectivity index is 1.63. The highest BCUT2D eigenvalue weighted by molar-refractivity contribution is 6.03. The summed E-state index contributed by atoms with van der Waals surface area (Å²) in [4.78, 5) is 15.1. The quantitative estimate of drug-likeness (QED) is 0.326. The zero-order valence-corrected chi connectivity index (χ0v) is 18.1. The Morgan fingerprint density at radius 2 is 1.58 bits per heavy atom. The van der Waals surface area contributed by atoms with E-state index in [1.54, 1.807) is 4.90 Å². The topological polar surface area (TPSA) is 20.3 Å². The lowest BCUT2D eigenvalue weighted by Crippen LogP contribution is -2.36. The summed E-state index contributed by atoms with van der Waals surface area (Å²) in [5, 5.41) is 2.05. The molecular formula is C28H22F3NO. The molecule has 1 aliphatic rings. The first kappa shape index (κ1) is 21.3. The van der Waals surface area contributed by atoms with Gasteiger partial charge in [-0.25, -0.2) is 0 Å². The van der Waals surface area contributed by atoms with Gasteiger partial charge < -0.3 is 4.90 Å². The largest absolute Gasteiger partial charge is 0.416 e. The monoisotopic (exact) mass is 445 g/mol. The van der Waals surface area contributed by atoms with Gasteiger partial charge in [0.1, 0.15) is 0 Å². The molecule has 0 spiro atoms. The number of anilines is 1. The number of carbonyl (C=O) groups excluding carboxylic acids is 1. The number of fused-ring (bicyclic) bond motifs is 3. The molecule has 0 bridgehead atoms. The predicted molar refractivity (Wildman–Crippen MR) is 124 cm³/mol. The van der Waals surface area contributed by atoms with Crippen LogP contribution in [-0.4, -0.2) is 5.91 Å². The molecule has 5 rings (SSSR count). The van der Waals surface area contributed by atoms with Gasteiger partial charge in [0.05, 0.1) is 12.1 Å². The van der Waals surface area contributed by atoms with Crippen LogP contribution in [-0.2, 0) is 17.5 Å². The molecule has 0 saturated carbocycles. The minimum absolute atomic E-state index is 0.0387. The van der Waals surface area contributed by atoms with Gasteiger partial charge in [0.15, 0.2) is 0 Å². The van der Waals surface area contributed by atoms with Crippen LogP contribution in [0.5, 0.6) is 0 Å². The number of hydrogen-bond acceptors (Lipinski definition) is 1. The summed E-state index contributed by atoms with van der Waals surface area (Å²) in [6.07, 6.45) is -4.19. The molecule has 0 radical (unpaired) electrons. The van der Waals surface area contributed by atoms with Crippen molar-refractivity contribution in [3.05, 3.63) is 113 Å². The van der Waals surface area contributed by atoms with Gasteiger partial charge in [-0.1, -0.05) is 72.3 Å². The van der Waals surface area contributed by atoms with Gasteiger partial charge in [-0.15, -0.1) is 0 Å². The summed E-state index contributed by atoms with van der Waals surface area (Å²) in [6.45, 7) is 2.47. The molecule has 1 aliphatic heterocycles. The number of amides is 1. The van der Waals surface area contributed by atoms with Crippen molar-refractivity contribution >= 4 is 22.4 Å². The maximum Gasteiger partial charge on any atom is 0.416 e. The van der Waals surface area contributed by atoms with E-state index in [1.165, 1.54) is 12.1 Å². The second kappa shape index (κ2) is 8.07. The third kappa shape index (κ3) is 3.99. The number of rotatable bonds is 3. The van der Waals surface area contributed by atoms with Gasteiger partial charge in [-0.05, 0) is 52.6 Å². The van der Waals surface area contributed by atoms with Crippen molar-refractivity contribution in [2.45, 2.75) is 32.0 Å². The van der Waals surface area contributed by atoms with E-state index in [1.807, 2.05) is 67.6 Å². The van der Waals surface area contributed by atoms with Crippen molar-refractivity contribution < 1.29 is 18.0 Å². The van der Waals surface area contributed by atoms with E-state index >= 15 is 0 Å². The molecule has 0 aromatic heterocycles. The third-order valence-electron chi connectivity index (χ3n) is 6.37. The Labute approximate surface area is 190 Å². The summed E-state index contributed by atoms with van der Waals surface area (Å²) in [5.41, 5.74) is 4.00. The summed E-state index contributed by atoms with van der Waals surface area (Å²) in [5.74, 6) is -0.349. The molecule has 33 heavy (non-hydrogen) atoms. The molecule has 0 N–H and O–H groups in total. The standard InChI is InChI=1S/C28H22F3NO/c1-18-6-8-19(9-7-18)17-32-25-15-12-20-4-2-3-5-23(20)27(25)24(16-26(32)33)21-10-13-22(14-11-21)28(29,30)31/h2-15,24H,16-17H2,1H3. The van der Waals surface area contributed by atoms with Crippen LogP contribution < -0.4 is 4.90 Å². The highest BCUT2D eigenvalue weighted by Gasteiger charge is 2.35. The smallest absolute Gasteiger partial charge is 0.308 e. The molecule has 4 aromatic carbocycles. The Bertz CT molecular complexity index is 1320. The van der Waals surface area contributed by atoms with Crippen LogP contribution >= 0.6 is 0 Å². The number of alkyl halides is 3. The Kier molecular flexibility index (Phi) is 5.20. The van der Waals surface area contributed by atoms with Crippen LogP contribution in [0, 0.1) is 6.92 Å². The van der Waals surface area contributed by atoms with E-state index in [-0.39, 0.29) is 18.2 Å². The molecule has 1 unspecified atom stereocenters. The maximum absolute atomic E-state index is 13.3. The predicted octanol–water partition coefficient (Wildman–Crippen LogP) is 7.24. The second-order valence-corrected chi connectivity index (χ2v) is 8.56. The van der Waals surface area contributed by atoms with Gasteiger partial charge in [0, 0.05) is 18.0 Å². The lowest BCUT2D eigenvalue weighted by molar-refractivity contribution is -0.137. The molecule has 0 saturated heterocycles. The fourth-order valence-electron chi connectivity index (χ4n) is 4.65. The van der Waals surface area contributed by atoms with Crippen molar-refractivity contribution in [2.75, 3.05) is 4.90 Å². The van der Waals surface area contributed by atoms with Crippen LogP contribution in [0.25, 0.3) is 10.8 Å². The summed E-state index contributed by atoms with van der Waals surface area (Å²) in [7, 11) is 0. The number of halogens is 3. The first-order chi connectivity index (χ1) is 15.8. The third-order valence-corrected chi connectivity index (χ3v) is 6.37. The van der Waals surface area contributed by atoms with Gasteiger partial charge in [-0.2, -0.15) is 13.2 Å². The van der Waals surface area contributed by atoms with Crippen molar-refractivity contribution in [1.29, 1.82) is 0 Å². The van der Waals surface area contributed by atoms with Crippen LogP contribution in [0.2, 0.25) is 0 Å². The van der Waals surface area contributed by atoms with E-state index in [2.05, 4.69) is 0 Å². The fraction of sp³-hybridized carbons (Fsp3) is 0.179. The van der Waals surface area contributed by atoms with Crippen molar-refractivity contribution in [3.63, 3.8) is 0 Å². The molecule has 0 aliphatic carbocycles. The van der Waals surface area contributed by atoms with Crippen molar-refractivity contribution in [1.82, 2.24) is 0 Å². The average molecular weight is 445 g/mol. The minimum atomic E-state index is -4.39. The summed E-state index contributed by atoms with van der Waals surface area (Å²) in [6, 6.07) is 25.2. The number of carbonyl (C=O) groups is 1. The number of aryl methyl sites for hydroxylation is 1. The van der Waals surface area contributed by atoms with E-state index < -0.39 is 11.7 Å². The lowest BCUT2D eigenvalue weighted by atomic mass is 9.81. The number of benzene rings is 4. The van der Waals surface area contributed by atoms with E-state index in [9.17, 15) is 18.0 Å². The second-order valence-electron chi connectivity index (χ2n) is 8.56. The SMILES string of the molecule is Cc1ccc(CN2C(=O)CC(c3ccc(C(F)(F)F)cc3)c3c2ccc2ccccc32)cc1. The van der Waals surface area contributed by atoms with Crippen LogP contribution in [0.15, 0.2) is 84.9 Å². The fourth-order valence-corrected chi connectivity index (χ4v) is 4.65. The molecule has 1 amide bonds. The Hall–Kier alpha value is -3.60. The zero-order valence-electron chi connectivity index (χ0n) is 18.1. The Morgan fingerprint density at radius 1 is 0.879 bits per heavy atom. The molecule has 0 fully saturated rings. The lowest BCUT2D eigenvalue weighted by Gasteiger charge is -2.35. The Morgan fingerprint density at radius 3 is 2.27 bits per heavy atom. The van der Waals surface area contributed by atoms with Gasteiger partial charge >= 0.3 is 6.18 Å². The van der Waals surface area contributed by atoms with E-state index in [0.29, 0.717) is 12.1 Å². The maximum atomic E-state index is 13.3. The molecule has 4 aromatic rings. The highest BCUT2D eigenvalue weighted by Crippen LogP contribution is 2.45. The van der Waals surface area contributed by atoms with Crippen LogP contribution in [0.3, 0.4) is 0 Å². The van der Waals surface area contributed by atoms with Crippen LogP contribution in [0.4, 0.5) is 18.9 Å². The van der Waals surface area contributed by atoms with Gasteiger partial charge in [0.25, 0.3) is 0 Å². The number of nitrogens with zero attached hydrogens (tertiary/aromatic N) is 1. The molecular weight excluding hydrogens is 423 g/mol. The highest BCUT2D eigenvalue weighted by atomic mass is 19.4. The first-order valence-corrected chi connectivity index (χ1v) is 10.9. The van der Waals surface area contributed by atoms with E-state index in [0.717, 1.165) is 45.3 Å². The summed E-state index contributed by atoms with van der Waals surface area (Å²) < 4.78 is 39.3. The van der Waals surface area contributed by atoms with Crippen molar-refractivity contribution in [3.8, 4) is 0 Å². The molecule has 1 atom stereocenters. The van der Waals surface area contributed by atoms with Gasteiger partial charge in [-0.3, -0.25) is 4.79 Å². The van der Waals surface area contributed by atoms with Crippen molar-refractivity contribution in [2.24, 2.45) is 0 Å². The molecule has 1 heterocycles. The minimum Gasteiger partial charge on any atom is -0.308 e. The van der Waals surface area contributed by atoms with Gasteiger partial charge in [0.2, 0.25) is 5.91 Å². The molecule has 5 heteroatoms. The molecule has 166 valence electrons. The zero-order chi connectivity index (χ0) is 23.2. The first-order valence-electron chi connectivity index (χ1n) is 10.9. The number of hydrogen-bond donors (Lipinski definition) is 0. The van der Waals surface area contributed by atoms with Crippen LogP contribution in [0.1, 0.15) is 40.2 Å². The normalized spacial score (nSPS) is 16.2. The summed E-state index contributed by atoms with van der Waals surface area (Å²) >= 11 is 0. The molecule has 2 nitrogen and oxygen atoms in total.